The van der Waals surface area contributed by atoms with Crippen molar-refractivity contribution in [2.75, 3.05) is 40.5 Å². The molecule has 0 aliphatic carbocycles. The standard InChI is InChI=1S/C11H22N2O4/c1-9(2)13(8-11(15)17-4)10(14)7-12-5-6-16-3/h9,12H,5-8H2,1-4H3. The van der Waals surface area contributed by atoms with E-state index in [1.807, 2.05) is 13.8 Å². The summed E-state index contributed by atoms with van der Waals surface area (Å²) >= 11 is 0. The van der Waals surface area contributed by atoms with Crippen LogP contribution in [-0.2, 0) is 19.1 Å². The molecule has 0 unspecified atom stereocenters. The van der Waals surface area contributed by atoms with Crippen LogP contribution < -0.4 is 5.32 Å². The SMILES string of the molecule is COCCNCC(=O)N(CC(=O)OC)C(C)C. The van der Waals surface area contributed by atoms with Gasteiger partial charge in [0.05, 0.1) is 20.3 Å². The van der Waals surface area contributed by atoms with Gasteiger partial charge in [-0.05, 0) is 13.8 Å². The maximum atomic E-state index is 11.8. The van der Waals surface area contributed by atoms with E-state index in [2.05, 4.69) is 10.1 Å². The van der Waals surface area contributed by atoms with Gasteiger partial charge < -0.3 is 19.7 Å². The zero-order valence-corrected chi connectivity index (χ0v) is 11.0. The van der Waals surface area contributed by atoms with Crippen LogP contribution in [0.5, 0.6) is 0 Å². The maximum absolute atomic E-state index is 11.8. The number of methoxy groups -OCH3 is 2. The smallest absolute Gasteiger partial charge is 0.325 e. The molecule has 0 spiro atoms. The van der Waals surface area contributed by atoms with Gasteiger partial charge in [-0.15, -0.1) is 0 Å². The van der Waals surface area contributed by atoms with Crippen molar-refractivity contribution in [1.82, 2.24) is 10.2 Å². The Bertz CT molecular complexity index is 244. The molecule has 0 rings (SSSR count). The van der Waals surface area contributed by atoms with E-state index in [9.17, 15) is 9.59 Å². The van der Waals surface area contributed by atoms with Crippen LogP contribution in [0.25, 0.3) is 0 Å². The molecular weight excluding hydrogens is 224 g/mol. The van der Waals surface area contributed by atoms with Gasteiger partial charge in [-0.25, -0.2) is 0 Å². The van der Waals surface area contributed by atoms with Crippen LogP contribution in [0.15, 0.2) is 0 Å². The van der Waals surface area contributed by atoms with Crippen molar-refractivity contribution in [3.8, 4) is 0 Å². The van der Waals surface area contributed by atoms with Gasteiger partial charge in [0, 0.05) is 19.7 Å². The molecule has 0 aromatic heterocycles. The number of hydrogen-bond donors (Lipinski definition) is 1. The Labute approximate surface area is 102 Å². The van der Waals surface area contributed by atoms with Gasteiger partial charge >= 0.3 is 5.97 Å². The molecule has 0 fully saturated rings. The zero-order chi connectivity index (χ0) is 13.3. The third-order valence-electron chi connectivity index (χ3n) is 2.23. The quantitative estimate of drug-likeness (QED) is 0.467. The fourth-order valence-corrected chi connectivity index (χ4v) is 1.23. The van der Waals surface area contributed by atoms with E-state index < -0.39 is 5.97 Å². The van der Waals surface area contributed by atoms with Gasteiger partial charge in [0.1, 0.15) is 6.54 Å². The van der Waals surface area contributed by atoms with Crippen LogP contribution in [0.2, 0.25) is 0 Å². The molecule has 0 saturated carbocycles. The first-order valence-corrected chi connectivity index (χ1v) is 5.58. The van der Waals surface area contributed by atoms with Crippen LogP contribution in [0.4, 0.5) is 0 Å². The lowest BCUT2D eigenvalue weighted by atomic mass is 10.3. The predicted octanol–water partition coefficient (Wildman–Crippen LogP) is -0.368. The number of nitrogens with zero attached hydrogens (tertiary/aromatic N) is 1. The highest BCUT2D eigenvalue weighted by Gasteiger charge is 2.19. The number of carbonyl (C=O) groups is 2. The Hall–Kier alpha value is -1.14. The minimum absolute atomic E-state index is 0.0149. The fourth-order valence-electron chi connectivity index (χ4n) is 1.23. The minimum Gasteiger partial charge on any atom is -0.468 e. The van der Waals surface area contributed by atoms with Crippen molar-refractivity contribution >= 4 is 11.9 Å². The summed E-state index contributed by atoms with van der Waals surface area (Å²) in [6.07, 6.45) is 0. The second-order valence-electron chi connectivity index (χ2n) is 3.86. The Morgan fingerprint density at radius 2 is 1.94 bits per heavy atom. The maximum Gasteiger partial charge on any atom is 0.325 e. The van der Waals surface area contributed by atoms with Crippen molar-refractivity contribution in [2.24, 2.45) is 0 Å². The molecule has 0 aromatic rings. The lowest BCUT2D eigenvalue weighted by Gasteiger charge is -2.25. The van der Waals surface area contributed by atoms with Crippen LogP contribution in [0.3, 0.4) is 0 Å². The van der Waals surface area contributed by atoms with E-state index in [1.54, 1.807) is 7.11 Å². The minimum atomic E-state index is -0.413. The van der Waals surface area contributed by atoms with E-state index in [-0.39, 0.29) is 25.0 Å². The highest BCUT2D eigenvalue weighted by molar-refractivity contribution is 5.83. The summed E-state index contributed by atoms with van der Waals surface area (Å²) in [4.78, 5) is 24.4. The van der Waals surface area contributed by atoms with E-state index in [0.717, 1.165) is 0 Å². The Morgan fingerprint density at radius 1 is 1.29 bits per heavy atom. The number of rotatable bonds is 8. The first-order valence-electron chi connectivity index (χ1n) is 5.58. The molecule has 0 atom stereocenters. The number of nitrogens with one attached hydrogen (secondary N) is 1. The summed E-state index contributed by atoms with van der Waals surface area (Å²) in [5.41, 5.74) is 0. The first-order chi connectivity index (χ1) is 8.02. The molecule has 0 aliphatic heterocycles. The second kappa shape index (κ2) is 8.95. The van der Waals surface area contributed by atoms with Crippen molar-refractivity contribution in [3.63, 3.8) is 0 Å². The van der Waals surface area contributed by atoms with Crippen LogP contribution >= 0.6 is 0 Å². The second-order valence-corrected chi connectivity index (χ2v) is 3.86. The molecule has 0 heterocycles. The fraction of sp³-hybridized carbons (Fsp3) is 0.818. The molecular formula is C11H22N2O4. The van der Waals surface area contributed by atoms with Gasteiger partial charge in [0.25, 0.3) is 0 Å². The summed E-state index contributed by atoms with van der Waals surface area (Å²) in [7, 11) is 2.91. The monoisotopic (exact) mass is 246 g/mol. The Kier molecular flexibility index (Phi) is 8.35. The number of hydrogen-bond acceptors (Lipinski definition) is 5. The zero-order valence-electron chi connectivity index (χ0n) is 11.0. The molecule has 6 nitrogen and oxygen atoms in total. The summed E-state index contributed by atoms with van der Waals surface area (Å²) in [6.45, 7) is 5.04. The van der Waals surface area contributed by atoms with Crippen LogP contribution in [-0.4, -0.2) is 63.3 Å². The molecule has 17 heavy (non-hydrogen) atoms. The third-order valence-corrected chi connectivity index (χ3v) is 2.23. The van der Waals surface area contributed by atoms with Gasteiger partial charge in [0.15, 0.2) is 0 Å². The molecule has 0 aromatic carbocycles. The molecule has 1 N–H and O–H groups in total. The van der Waals surface area contributed by atoms with Crippen molar-refractivity contribution < 1.29 is 19.1 Å². The largest absolute Gasteiger partial charge is 0.468 e. The average molecular weight is 246 g/mol. The van der Waals surface area contributed by atoms with Crippen LogP contribution in [0, 0.1) is 0 Å². The molecule has 6 heteroatoms. The molecule has 0 saturated heterocycles. The van der Waals surface area contributed by atoms with E-state index >= 15 is 0 Å². The van der Waals surface area contributed by atoms with E-state index in [0.29, 0.717) is 13.2 Å². The van der Waals surface area contributed by atoms with Gasteiger partial charge in [-0.3, -0.25) is 9.59 Å². The first kappa shape index (κ1) is 15.9. The highest BCUT2D eigenvalue weighted by atomic mass is 16.5. The van der Waals surface area contributed by atoms with Gasteiger partial charge in [-0.1, -0.05) is 0 Å². The number of esters is 1. The summed E-state index contributed by atoms with van der Waals surface area (Å²) in [6, 6.07) is -0.0363. The lowest BCUT2D eigenvalue weighted by molar-refractivity contribution is -0.147. The average Bonchev–Trinajstić information content (AvgIpc) is 2.30. The van der Waals surface area contributed by atoms with E-state index in [1.165, 1.54) is 12.0 Å². The van der Waals surface area contributed by atoms with Crippen molar-refractivity contribution in [2.45, 2.75) is 19.9 Å². The predicted molar refractivity (Wildman–Crippen MR) is 63.6 cm³/mol. The van der Waals surface area contributed by atoms with Crippen LogP contribution in [0.1, 0.15) is 13.8 Å². The number of amides is 1. The van der Waals surface area contributed by atoms with Crippen molar-refractivity contribution in [3.05, 3.63) is 0 Å². The number of ether oxygens (including phenoxy) is 2. The normalized spacial score (nSPS) is 10.4. The van der Waals surface area contributed by atoms with Gasteiger partial charge in [0.2, 0.25) is 5.91 Å². The number of carbonyl (C=O) groups excluding carboxylic acids is 2. The topological polar surface area (TPSA) is 67.9 Å². The van der Waals surface area contributed by atoms with E-state index in [4.69, 9.17) is 4.74 Å². The molecule has 100 valence electrons. The molecule has 0 aliphatic rings. The molecule has 0 bridgehead atoms. The molecule has 0 radical (unpaired) electrons. The Morgan fingerprint density at radius 3 is 2.41 bits per heavy atom. The summed E-state index contributed by atoms with van der Waals surface area (Å²) in [5.74, 6) is -0.537. The summed E-state index contributed by atoms with van der Waals surface area (Å²) < 4.78 is 9.40. The van der Waals surface area contributed by atoms with Crippen molar-refractivity contribution in [1.29, 1.82) is 0 Å². The van der Waals surface area contributed by atoms with Gasteiger partial charge in [-0.2, -0.15) is 0 Å². The third kappa shape index (κ3) is 6.91. The lowest BCUT2D eigenvalue weighted by Crippen LogP contribution is -2.45. The Balaban J connectivity index is 4.11. The summed E-state index contributed by atoms with van der Waals surface area (Å²) in [5, 5.41) is 2.94. The highest BCUT2D eigenvalue weighted by Crippen LogP contribution is 1.99. The molecule has 1 amide bonds.